The van der Waals surface area contributed by atoms with E-state index in [-0.39, 0.29) is 6.03 Å². The summed E-state index contributed by atoms with van der Waals surface area (Å²) in [6.45, 7) is 1.39. The number of urea groups is 1. The Bertz CT molecular complexity index is 605. The van der Waals surface area contributed by atoms with Gasteiger partial charge in [-0.25, -0.2) is 4.79 Å². The summed E-state index contributed by atoms with van der Waals surface area (Å²) >= 11 is 5.93. The largest absolute Gasteiger partial charge is 0.492 e. The predicted octanol–water partition coefficient (Wildman–Crippen LogP) is 3.56. The van der Waals surface area contributed by atoms with E-state index in [1.165, 1.54) is 0 Å². The number of hydrogen-bond donors (Lipinski definition) is 1. The van der Waals surface area contributed by atoms with Gasteiger partial charge in [0.25, 0.3) is 0 Å². The molecule has 0 saturated heterocycles. The van der Waals surface area contributed by atoms with Gasteiger partial charge in [-0.2, -0.15) is 0 Å². The minimum absolute atomic E-state index is 0.142. The first kappa shape index (κ1) is 16.2. The molecule has 0 aliphatic heterocycles. The monoisotopic (exact) mass is 318 g/mol. The quantitative estimate of drug-likeness (QED) is 0.827. The van der Waals surface area contributed by atoms with E-state index in [4.69, 9.17) is 16.3 Å². The molecule has 0 atom stereocenters. The number of carbonyl (C=O) groups excluding carboxylic acids is 1. The van der Waals surface area contributed by atoms with Gasteiger partial charge < -0.3 is 15.0 Å². The molecule has 0 aliphatic carbocycles. The minimum Gasteiger partial charge on any atom is -0.492 e. The number of para-hydroxylation sites is 1. The zero-order valence-corrected chi connectivity index (χ0v) is 13.2. The van der Waals surface area contributed by atoms with Crippen molar-refractivity contribution in [3.05, 3.63) is 65.2 Å². The molecule has 2 aromatic rings. The third-order valence-electron chi connectivity index (χ3n) is 3.05. The number of amides is 2. The molecule has 2 rings (SSSR count). The molecule has 0 unspecified atom stereocenters. The van der Waals surface area contributed by atoms with E-state index in [0.717, 1.165) is 11.3 Å². The summed E-state index contributed by atoms with van der Waals surface area (Å²) in [6, 6.07) is 16.8. The number of nitrogens with one attached hydrogen (secondary N) is 1. The number of benzene rings is 2. The number of hydrogen-bond acceptors (Lipinski definition) is 2. The van der Waals surface area contributed by atoms with Crippen LogP contribution in [0.1, 0.15) is 5.56 Å². The fraction of sp³-hybridized carbons (Fsp3) is 0.235. The molecule has 0 saturated carbocycles. The first-order chi connectivity index (χ1) is 10.6. The highest BCUT2D eigenvalue weighted by Gasteiger charge is 2.08. The molecule has 2 amide bonds. The minimum atomic E-state index is -0.142. The van der Waals surface area contributed by atoms with E-state index >= 15 is 0 Å². The average molecular weight is 319 g/mol. The molecule has 22 heavy (non-hydrogen) atoms. The standard InChI is InChI=1S/C17H19ClN2O2/c1-20(13-14-6-5-7-15(18)12-14)17(21)19-10-11-22-16-8-3-2-4-9-16/h2-9,12H,10-11,13H2,1H3,(H,19,21). The highest BCUT2D eigenvalue weighted by Crippen LogP contribution is 2.12. The molecule has 4 nitrogen and oxygen atoms in total. The Morgan fingerprint density at radius 3 is 2.68 bits per heavy atom. The molecule has 0 spiro atoms. The van der Waals surface area contributed by atoms with E-state index in [1.807, 2.05) is 54.6 Å². The molecule has 0 bridgehead atoms. The van der Waals surface area contributed by atoms with Crippen LogP contribution in [0.2, 0.25) is 5.02 Å². The first-order valence-corrected chi connectivity index (χ1v) is 7.44. The van der Waals surface area contributed by atoms with Crippen molar-refractivity contribution < 1.29 is 9.53 Å². The van der Waals surface area contributed by atoms with Gasteiger partial charge in [-0.05, 0) is 29.8 Å². The van der Waals surface area contributed by atoms with Crippen LogP contribution in [0.3, 0.4) is 0 Å². The lowest BCUT2D eigenvalue weighted by molar-refractivity contribution is 0.203. The fourth-order valence-electron chi connectivity index (χ4n) is 1.96. The Morgan fingerprint density at radius 1 is 1.18 bits per heavy atom. The maximum atomic E-state index is 12.0. The van der Waals surface area contributed by atoms with Crippen molar-refractivity contribution in [1.82, 2.24) is 10.2 Å². The number of ether oxygens (including phenoxy) is 1. The van der Waals surface area contributed by atoms with Gasteiger partial charge in [-0.15, -0.1) is 0 Å². The van der Waals surface area contributed by atoms with Crippen molar-refractivity contribution in [1.29, 1.82) is 0 Å². The van der Waals surface area contributed by atoms with Gasteiger partial charge in [-0.3, -0.25) is 0 Å². The predicted molar refractivity (Wildman–Crippen MR) is 88.3 cm³/mol. The van der Waals surface area contributed by atoms with Gasteiger partial charge >= 0.3 is 6.03 Å². The van der Waals surface area contributed by atoms with Crippen LogP contribution in [0.25, 0.3) is 0 Å². The lowest BCUT2D eigenvalue weighted by Gasteiger charge is -2.18. The topological polar surface area (TPSA) is 41.6 Å². The SMILES string of the molecule is CN(Cc1cccc(Cl)c1)C(=O)NCCOc1ccccc1. The van der Waals surface area contributed by atoms with Crippen LogP contribution >= 0.6 is 11.6 Å². The molecule has 0 aliphatic rings. The van der Waals surface area contributed by atoms with E-state index in [2.05, 4.69) is 5.32 Å². The highest BCUT2D eigenvalue weighted by molar-refractivity contribution is 6.30. The van der Waals surface area contributed by atoms with Crippen molar-refractivity contribution >= 4 is 17.6 Å². The Hall–Kier alpha value is -2.20. The molecule has 5 heteroatoms. The first-order valence-electron chi connectivity index (χ1n) is 7.06. The molecule has 0 fully saturated rings. The number of nitrogens with zero attached hydrogens (tertiary/aromatic N) is 1. The lowest BCUT2D eigenvalue weighted by atomic mass is 10.2. The Morgan fingerprint density at radius 2 is 1.95 bits per heavy atom. The highest BCUT2D eigenvalue weighted by atomic mass is 35.5. The second-order valence-electron chi connectivity index (χ2n) is 4.88. The van der Waals surface area contributed by atoms with Crippen LogP contribution in [0.5, 0.6) is 5.75 Å². The van der Waals surface area contributed by atoms with Crippen LogP contribution in [0.4, 0.5) is 4.79 Å². The Kier molecular flexibility index (Phi) is 6.10. The van der Waals surface area contributed by atoms with Crippen molar-refractivity contribution in [2.75, 3.05) is 20.2 Å². The molecule has 0 heterocycles. The van der Waals surface area contributed by atoms with Crippen LogP contribution in [0, 0.1) is 0 Å². The number of carbonyl (C=O) groups is 1. The fourth-order valence-corrected chi connectivity index (χ4v) is 2.17. The summed E-state index contributed by atoms with van der Waals surface area (Å²) < 4.78 is 5.52. The molecule has 116 valence electrons. The Labute approximate surface area is 135 Å². The third-order valence-corrected chi connectivity index (χ3v) is 3.28. The summed E-state index contributed by atoms with van der Waals surface area (Å²) in [5, 5.41) is 3.49. The number of halogens is 1. The summed E-state index contributed by atoms with van der Waals surface area (Å²) in [5.74, 6) is 0.795. The van der Waals surface area contributed by atoms with Gasteiger partial charge in [0.2, 0.25) is 0 Å². The smallest absolute Gasteiger partial charge is 0.317 e. The van der Waals surface area contributed by atoms with Crippen molar-refractivity contribution in [3.8, 4) is 5.75 Å². The molecular formula is C17H19ClN2O2. The van der Waals surface area contributed by atoms with E-state index in [0.29, 0.717) is 24.7 Å². The molecule has 0 radical (unpaired) electrons. The average Bonchev–Trinajstić information content (AvgIpc) is 2.52. The van der Waals surface area contributed by atoms with Gasteiger partial charge in [0.05, 0.1) is 6.54 Å². The maximum absolute atomic E-state index is 12.0. The third kappa shape index (κ3) is 5.30. The van der Waals surface area contributed by atoms with Crippen LogP contribution in [-0.4, -0.2) is 31.1 Å². The molecule has 0 aromatic heterocycles. The van der Waals surface area contributed by atoms with Crippen molar-refractivity contribution in [2.45, 2.75) is 6.54 Å². The molecule has 1 N–H and O–H groups in total. The molecular weight excluding hydrogens is 300 g/mol. The second kappa shape index (κ2) is 8.29. The normalized spacial score (nSPS) is 10.1. The summed E-state index contributed by atoms with van der Waals surface area (Å²) in [6.07, 6.45) is 0. The zero-order chi connectivity index (χ0) is 15.8. The summed E-state index contributed by atoms with van der Waals surface area (Å²) in [5.41, 5.74) is 0.991. The van der Waals surface area contributed by atoms with E-state index in [1.54, 1.807) is 11.9 Å². The van der Waals surface area contributed by atoms with Gasteiger partial charge in [-0.1, -0.05) is 41.9 Å². The van der Waals surface area contributed by atoms with Crippen LogP contribution in [0.15, 0.2) is 54.6 Å². The molecule has 2 aromatic carbocycles. The van der Waals surface area contributed by atoms with Gasteiger partial charge in [0.15, 0.2) is 0 Å². The van der Waals surface area contributed by atoms with Crippen LogP contribution < -0.4 is 10.1 Å². The Balaban J connectivity index is 1.70. The van der Waals surface area contributed by atoms with Gasteiger partial charge in [0.1, 0.15) is 12.4 Å². The lowest BCUT2D eigenvalue weighted by Crippen LogP contribution is -2.38. The van der Waals surface area contributed by atoms with Crippen molar-refractivity contribution in [3.63, 3.8) is 0 Å². The summed E-state index contributed by atoms with van der Waals surface area (Å²) in [4.78, 5) is 13.6. The van der Waals surface area contributed by atoms with E-state index < -0.39 is 0 Å². The zero-order valence-electron chi connectivity index (χ0n) is 12.5. The number of rotatable bonds is 6. The maximum Gasteiger partial charge on any atom is 0.317 e. The summed E-state index contributed by atoms with van der Waals surface area (Å²) in [7, 11) is 1.74. The van der Waals surface area contributed by atoms with Gasteiger partial charge in [0, 0.05) is 18.6 Å². The van der Waals surface area contributed by atoms with Crippen molar-refractivity contribution in [2.24, 2.45) is 0 Å². The second-order valence-corrected chi connectivity index (χ2v) is 5.32. The van der Waals surface area contributed by atoms with Crippen LogP contribution in [-0.2, 0) is 6.54 Å². The van der Waals surface area contributed by atoms with E-state index in [9.17, 15) is 4.79 Å².